The summed E-state index contributed by atoms with van der Waals surface area (Å²) < 4.78 is 32.0. The molecule has 0 atom stereocenters. The molecule has 1 N–H and O–H groups in total. The fourth-order valence-corrected chi connectivity index (χ4v) is 5.84. The number of rotatable bonds is 8. The molecule has 1 aliphatic heterocycles. The monoisotopic (exact) mass is 611 g/mol. The Bertz CT molecular complexity index is 1940. The Morgan fingerprint density at radius 1 is 1.05 bits per heavy atom. The lowest BCUT2D eigenvalue weighted by atomic mass is 9.93. The maximum Gasteiger partial charge on any atom is 0.410 e. The van der Waals surface area contributed by atoms with E-state index in [1.54, 1.807) is 21.8 Å². The summed E-state index contributed by atoms with van der Waals surface area (Å²) in [5, 5.41) is 7.49. The number of sulfone groups is 1. The molecule has 1 amide bonds. The van der Waals surface area contributed by atoms with E-state index in [1.807, 2.05) is 74.5 Å². The second kappa shape index (κ2) is 12.0. The van der Waals surface area contributed by atoms with Crippen molar-refractivity contribution in [2.24, 2.45) is 0 Å². The van der Waals surface area contributed by atoms with Crippen LogP contribution in [-0.2, 0) is 40.7 Å². The van der Waals surface area contributed by atoms with Crippen LogP contribution < -0.4 is 5.32 Å². The van der Waals surface area contributed by atoms with Gasteiger partial charge in [-0.25, -0.2) is 13.2 Å². The van der Waals surface area contributed by atoms with Crippen LogP contribution in [0.15, 0.2) is 78.2 Å². The van der Waals surface area contributed by atoms with Gasteiger partial charge in [0.2, 0.25) is 15.8 Å². The number of carbonyl (C=O) groups excluding carboxylic acids is 1. The van der Waals surface area contributed by atoms with E-state index >= 15 is 0 Å². The largest absolute Gasteiger partial charge is 0.445 e. The normalized spacial score (nSPS) is 13.2. The third-order valence-corrected chi connectivity index (χ3v) is 8.49. The SMILES string of the molecule is CC(C)c1cnn2c(NCc3ccccc3-c3nccc4c3CCN(C(=O)OCc3ccccc3)C4)nc(S(C)(=O)=O)nc12. The number of carbonyl (C=O) groups is 1. The Morgan fingerprint density at radius 3 is 2.59 bits per heavy atom. The molecule has 0 aliphatic carbocycles. The van der Waals surface area contributed by atoms with Crippen molar-refractivity contribution in [3.8, 4) is 11.3 Å². The maximum absolute atomic E-state index is 12.9. The van der Waals surface area contributed by atoms with Crippen molar-refractivity contribution < 1.29 is 17.9 Å². The van der Waals surface area contributed by atoms with Crippen LogP contribution >= 0.6 is 0 Å². The van der Waals surface area contributed by atoms with E-state index in [4.69, 9.17) is 9.72 Å². The number of aromatic nitrogens is 5. The average Bonchev–Trinajstić information content (AvgIpc) is 3.47. The molecule has 3 aromatic heterocycles. The first-order chi connectivity index (χ1) is 21.2. The molecule has 11 nitrogen and oxygen atoms in total. The Hall–Kier alpha value is -4.84. The van der Waals surface area contributed by atoms with Crippen molar-refractivity contribution in [1.82, 2.24) is 29.5 Å². The van der Waals surface area contributed by atoms with E-state index in [2.05, 4.69) is 20.4 Å². The van der Waals surface area contributed by atoms with Gasteiger partial charge in [0.25, 0.3) is 5.16 Å². The van der Waals surface area contributed by atoms with Crippen LogP contribution in [0.25, 0.3) is 16.9 Å². The molecule has 0 unspecified atom stereocenters. The van der Waals surface area contributed by atoms with Crippen molar-refractivity contribution in [3.05, 3.63) is 101 Å². The molecule has 44 heavy (non-hydrogen) atoms. The Morgan fingerprint density at radius 2 is 1.82 bits per heavy atom. The maximum atomic E-state index is 12.9. The van der Waals surface area contributed by atoms with Crippen molar-refractivity contribution in [2.45, 2.75) is 51.0 Å². The fourth-order valence-electron chi connectivity index (χ4n) is 5.33. The molecule has 0 saturated carbocycles. The summed E-state index contributed by atoms with van der Waals surface area (Å²) in [6, 6.07) is 19.5. The van der Waals surface area contributed by atoms with Crippen LogP contribution in [0.5, 0.6) is 0 Å². The first-order valence-corrected chi connectivity index (χ1v) is 16.3. The third kappa shape index (κ3) is 5.98. The highest BCUT2D eigenvalue weighted by atomic mass is 32.2. The van der Waals surface area contributed by atoms with E-state index in [-0.39, 0.29) is 29.7 Å². The first kappa shape index (κ1) is 29.2. The summed E-state index contributed by atoms with van der Waals surface area (Å²) in [5.74, 6) is 0.380. The van der Waals surface area contributed by atoms with Gasteiger partial charge in [-0.15, -0.1) is 0 Å². The highest BCUT2D eigenvalue weighted by Gasteiger charge is 2.26. The highest BCUT2D eigenvalue weighted by molar-refractivity contribution is 7.90. The quantitative estimate of drug-likeness (QED) is 0.257. The molecule has 12 heteroatoms. The smallest absolute Gasteiger partial charge is 0.410 e. The van der Waals surface area contributed by atoms with Gasteiger partial charge in [0.05, 0.1) is 11.9 Å². The number of hydrogen-bond acceptors (Lipinski definition) is 9. The molecule has 0 spiro atoms. The number of anilines is 1. The summed E-state index contributed by atoms with van der Waals surface area (Å²) >= 11 is 0. The summed E-state index contributed by atoms with van der Waals surface area (Å²) in [4.78, 5) is 28.0. The van der Waals surface area contributed by atoms with Crippen LogP contribution in [0.1, 0.15) is 47.6 Å². The predicted molar refractivity (Wildman–Crippen MR) is 166 cm³/mol. The topological polar surface area (TPSA) is 132 Å². The van der Waals surface area contributed by atoms with Gasteiger partial charge in [-0.3, -0.25) is 4.98 Å². The van der Waals surface area contributed by atoms with Gasteiger partial charge < -0.3 is 15.0 Å². The third-order valence-electron chi connectivity index (χ3n) is 7.65. The number of nitrogens with zero attached hydrogens (tertiary/aromatic N) is 6. The van der Waals surface area contributed by atoms with Gasteiger partial charge in [0, 0.05) is 43.2 Å². The van der Waals surface area contributed by atoms with Gasteiger partial charge >= 0.3 is 6.09 Å². The molecule has 5 aromatic rings. The molecular formula is C32H33N7O4S. The lowest BCUT2D eigenvalue weighted by Gasteiger charge is -2.29. The predicted octanol–water partition coefficient (Wildman–Crippen LogP) is 5.02. The van der Waals surface area contributed by atoms with Gasteiger partial charge in [-0.1, -0.05) is 68.4 Å². The Balaban J connectivity index is 1.25. The zero-order valence-electron chi connectivity index (χ0n) is 24.8. The van der Waals surface area contributed by atoms with E-state index in [9.17, 15) is 13.2 Å². The van der Waals surface area contributed by atoms with Crippen molar-refractivity contribution >= 4 is 27.5 Å². The molecule has 1 aliphatic rings. The average molecular weight is 612 g/mol. The minimum atomic E-state index is -3.66. The second-order valence-corrected chi connectivity index (χ2v) is 13.0. The molecule has 6 rings (SSSR count). The first-order valence-electron chi connectivity index (χ1n) is 14.4. The highest BCUT2D eigenvalue weighted by Crippen LogP contribution is 2.31. The van der Waals surface area contributed by atoms with E-state index in [1.165, 1.54) is 0 Å². The van der Waals surface area contributed by atoms with Crippen molar-refractivity contribution in [1.29, 1.82) is 0 Å². The van der Waals surface area contributed by atoms with Crippen molar-refractivity contribution in [3.63, 3.8) is 0 Å². The van der Waals surface area contributed by atoms with E-state index < -0.39 is 9.84 Å². The summed E-state index contributed by atoms with van der Waals surface area (Å²) in [6.07, 6.45) is 4.85. The van der Waals surface area contributed by atoms with Crippen LogP contribution in [0.2, 0.25) is 0 Å². The van der Waals surface area contributed by atoms with Crippen LogP contribution in [-0.4, -0.2) is 56.8 Å². The Labute approximate surface area is 255 Å². The van der Waals surface area contributed by atoms with Gasteiger partial charge in [0.1, 0.15) is 6.61 Å². The number of ether oxygens (including phenoxy) is 1. The summed E-state index contributed by atoms with van der Waals surface area (Å²) in [6.45, 7) is 5.53. The molecular weight excluding hydrogens is 578 g/mol. The minimum absolute atomic E-state index is 0.0976. The van der Waals surface area contributed by atoms with Gasteiger partial charge in [0.15, 0.2) is 5.65 Å². The van der Waals surface area contributed by atoms with Gasteiger partial charge in [-0.2, -0.15) is 19.6 Å². The molecule has 0 fully saturated rings. The van der Waals surface area contributed by atoms with E-state index in [0.29, 0.717) is 31.7 Å². The molecule has 0 bridgehead atoms. The number of pyridine rings is 1. The van der Waals surface area contributed by atoms with Crippen LogP contribution in [0.3, 0.4) is 0 Å². The lowest BCUT2D eigenvalue weighted by Crippen LogP contribution is -2.36. The van der Waals surface area contributed by atoms with Gasteiger partial charge in [-0.05, 0) is 40.7 Å². The van der Waals surface area contributed by atoms with Crippen LogP contribution in [0, 0.1) is 0 Å². The van der Waals surface area contributed by atoms with Crippen molar-refractivity contribution in [2.75, 3.05) is 18.1 Å². The second-order valence-electron chi connectivity index (χ2n) is 11.1. The molecule has 4 heterocycles. The Kier molecular flexibility index (Phi) is 8.00. The summed E-state index contributed by atoms with van der Waals surface area (Å²) in [5.41, 5.74) is 7.08. The zero-order chi connectivity index (χ0) is 30.8. The number of fused-ring (bicyclic) bond motifs is 2. The van der Waals surface area contributed by atoms with Crippen LogP contribution in [0.4, 0.5) is 10.7 Å². The molecule has 0 saturated heterocycles. The van der Waals surface area contributed by atoms with E-state index in [0.717, 1.165) is 45.3 Å². The fraction of sp³-hybridized carbons (Fsp3) is 0.281. The zero-order valence-corrected chi connectivity index (χ0v) is 25.6. The lowest BCUT2D eigenvalue weighted by molar-refractivity contribution is 0.0918. The summed E-state index contributed by atoms with van der Waals surface area (Å²) in [7, 11) is -3.66. The number of benzene rings is 2. The molecule has 0 radical (unpaired) electrons. The number of hydrogen-bond donors (Lipinski definition) is 1. The standard InChI is InChI=1S/C32H33N7O4S/c1-21(2)27-18-35-39-29(27)36-31(44(3,41)42)37-30(39)34-17-23-11-7-8-12-25(23)28-26-14-16-38(19-24(26)13-15-33-28)32(40)43-20-22-9-5-4-6-10-22/h4-13,15,18,21H,14,16-17,19-20H2,1-3H3,(H,34,36,37). The minimum Gasteiger partial charge on any atom is -0.445 e. The number of amides is 1. The molecule has 226 valence electrons. The number of nitrogens with one attached hydrogen (secondary N) is 1. The molecule has 2 aromatic carbocycles.